The first-order chi connectivity index (χ1) is 13.2. The van der Waals surface area contributed by atoms with Gasteiger partial charge in [0.25, 0.3) is 0 Å². The first-order valence-corrected chi connectivity index (χ1v) is 10.5. The van der Waals surface area contributed by atoms with Gasteiger partial charge in [0.15, 0.2) is 0 Å². The normalized spacial score (nSPS) is 21.6. The molecule has 3 rings (SSSR count). The summed E-state index contributed by atoms with van der Waals surface area (Å²) in [6, 6.07) is 5.87. The number of rotatable bonds is 8. The minimum Gasteiger partial charge on any atom is -0.497 e. The zero-order chi connectivity index (χ0) is 19.1. The van der Waals surface area contributed by atoms with Gasteiger partial charge in [-0.3, -0.25) is 4.79 Å². The van der Waals surface area contributed by atoms with Crippen molar-refractivity contribution in [1.29, 1.82) is 0 Å². The average molecular weight is 375 g/mol. The highest BCUT2D eigenvalue weighted by molar-refractivity contribution is 5.76. The Morgan fingerprint density at radius 2 is 2.07 bits per heavy atom. The van der Waals surface area contributed by atoms with Gasteiger partial charge in [0.2, 0.25) is 5.91 Å². The number of ether oxygens (including phenoxy) is 2. The molecule has 5 nitrogen and oxygen atoms in total. The lowest BCUT2D eigenvalue weighted by molar-refractivity contribution is -0.122. The molecule has 2 fully saturated rings. The summed E-state index contributed by atoms with van der Waals surface area (Å²) in [4.78, 5) is 12.5. The van der Waals surface area contributed by atoms with Crippen LogP contribution in [0.1, 0.15) is 57.4 Å². The molecule has 2 atom stereocenters. The third-order valence-electron chi connectivity index (χ3n) is 5.99. The number of hydrogen-bond acceptors (Lipinski definition) is 4. The fourth-order valence-electron chi connectivity index (χ4n) is 4.19. The van der Waals surface area contributed by atoms with E-state index >= 15 is 0 Å². The Kier molecular flexibility index (Phi) is 7.39. The van der Waals surface area contributed by atoms with E-state index in [1.54, 1.807) is 7.11 Å². The fraction of sp³-hybridized carbons (Fsp3) is 0.682. The van der Waals surface area contributed by atoms with Gasteiger partial charge in [-0.15, -0.1) is 0 Å². The zero-order valence-electron chi connectivity index (χ0n) is 16.8. The summed E-state index contributed by atoms with van der Waals surface area (Å²) in [5, 5.41) is 6.53. The number of amides is 1. The first-order valence-electron chi connectivity index (χ1n) is 10.5. The predicted molar refractivity (Wildman–Crippen MR) is 107 cm³/mol. The topological polar surface area (TPSA) is 59.6 Å². The number of carbonyl (C=O) groups is 1. The summed E-state index contributed by atoms with van der Waals surface area (Å²) in [7, 11) is 1.66. The van der Waals surface area contributed by atoms with Gasteiger partial charge in [-0.25, -0.2) is 0 Å². The number of benzene rings is 1. The van der Waals surface area contributed by atoms with Crippen LogP contribution in [0.3, 0.4) is 0 Å². The van der Waals surface area contributed by atoms with Gasteiger partial charge in [0.05, 0.1) is 13.2 Å². The van der Waals surface area contributed by atoms with Gasteiger partial charge < -0.3 is 20.1 Å². The first kappa shape index (κ1) is 20.0. The molecule has 2 N–H and O–H groups in total. The summed E-state index contributed by atoms with van der Waals surface area (Å²) in [6.45, 7) is 4.84. The Hall–Kier alpha value is -1.75. The number of piperidine rings is 1. The Bertz CT molecular complexity index is 608. The lowest BCUT2D eigenvalue weighted by atomic mass is 9.85. The molecule has 0 spiro atoms. The Morgan fingerprint density at radius 1 is 1.26 bits per heavy atom. The van der Waals surface area contributed by atoms with Crippen LogP contribution in [0.4, 0.5) is 0 Å². The van der Waals surface area contributed by atoms with E-state index in [-0.39, 0.29) is 12.0 Å². The van der Waals surface area contributed by atoms with Crippen LogP contribution in [0.5, 0.6) is 11.5 Å². The number of hydrogen-bond donors (Lipinski definition) is 2. The summed E-state index contributed by atoms with van der Waals surface area (Å²) in [6.07, 6.45) is 7.98. The van der Waals surface area contributed by atoms with Crippen molar-refractivity contribution >= 4 is 5.91 Å². The smallest absolute Gasteiger partial charge is 0.220 e. The van der Waals surface area contributed by atoms with E-state index in [0.717, 1.165) is 43.0 Å². The molecule has 5 heteroatoms. The Morgan fingerprint density at radius 3 is 2.78 bits per heavy atom. The van der Waals surface area contributed by atoms with Gasteiger partial charge in [0, 0.05) is 24.6 Å². The molecular formula is C22H34N2O3. The number of methoxy groups -OCH3 is 1. The average Bonchev–Trinajstić information content (AvgIpc) is 3.20. The second kappa shape index (κ2) is 9.98. The molecule has 0 bridgehead atoms. The van der Waals surface area contributed by atoms with Gasteiger partial charge >= 0.3 is 0 Å². The quantitative estimate of drug-likeness (QED) is 0.729. The van der Waals surface area contributed by atoms with Crippen molar-refractivity contribution in [3.8, 4) is 11.5 Å². The van der Waals surface area contributed by atoms with Crippen molar-refractivity contribution in [3.63, 3.8) is 0 Å². The molecule has 1 aromatic rings. The van der Waals surface area contributed by atoms with Crippen LogP contribution in [0.25, 0.3) is 0 Å². The maximum atomic E-state index is 12.5. The largest absolute Gasteiger partial charge is 0.497 e. The molecule has 1 saturated heterocycles. The zero-order valence-corrected chi connectivity index (χ0v) is 16.8. The van der Waals surface area contributed by atoms with E-state index in [2.05, 4.69) is 17.6 Å². The lowest BCUT2D eigenvalue weighted by Crippen LogP contribution is -2.35. The predicted octanol–water partition coefficient (Wildman–Crippen LogP) is 3.66. The maximum absolute atomic E-state index is 12.5. The summed E-state index contributed by atoms with van der Waals surface area (Å²) >= 11 is 0. The van der Waals surface area contributed by atoms with E-state index in [9.17, 15) is 4.79 Å². The SMILES string of the molecule is COc1ccc(CNC(=O)CC(C)C2CCCNC2)c(OC2CCCC2)c1. The summed E-state index contributed by atoms with van der Waals surface area (Å²) in [5.41, 5.74) is 1.02. The highest BCUT2D eigenvalue weighted by atomic mass is 16.5. The van der Waals surface area contributed by atoms with Crippen LogP contribution in [-0.2, 0) is 11.3 Å². The molecule has 27 heavy (non-hydrogen) atoms. The van der Waals surface area contributed by atoms with Gasteiger partial charge in [-0.05, 0) is 75.6 Å². The van der Waals surface area contributed by atoms with Crippen LogP contribution in [-0.4, -0.2) is 32.2 Å². The minimum atomic E-state index is 0.121. The Balaban J connectivity index is 1.54. The van der Waals surface area contributed by atoms with Crippen molar-refractivity contribution in [3.05, 3.63) is 23.8 Å². The second-order valence-corrected chi connectivity index (χ2v) is 8.06. The summed E-state index contributed by atoms with van der Waals surface area (Å²) < 4.78 is 11.6. The molecule has 1 heterocycles. The number of nitrogens with one attached hydrogen (secondary N) is 2. The van der Waals surface area contributed by atoms with Crippen LogP contribution in [0.2, 0.25) is 0 Å². The monoisotopic (exact) mass is 374 g/mol. The van der Waals surface area contributed by atoms with Crippen molar-refractivity contribution in [2.45, 2.75) is 64.5 Å². The minimum absolute atomic E-state index is 0.121. The molecule has 1 aliphatic heterocycles. The van der Waals surface area contributed by atoms with Crippen LogP contribution in [0, 0.1) is 11.8 Å². The van der Waals surface area contributed by atoms with Crippen LogP contribution >= 0.6 is 0 Å². The molecule has 1 aromatic carbocycles. The van der Waals surface area contributed by atoms with Gasteiger partial charge in [0.1, 0.15) is 11.5 Å². The molecular weight excluding hydrogens is 340 g/mol. The highest BCUT2D eigenvalue weighted by Gasteiger charge is 2.22. The molecule has 1 aliphatic carbocycles. The van der Waals surface area contributed by atoms with Crippen LogP contribution < -0.4 is 20.1 Å². The molecule has 0 aromatic heterocycles. The van der Waals surface area contributed by atoms with Gasteiger partial charge in [-0.2, -0.15) is 0 Å². The molecule has 2 aliphatic rings. The maximum Gasteiger partial charge on any atom is 0.220 e. The third-order valence-corrected chi connectivity index (χ3v) is 5.99. The van der Waals surface area contributed by atoms with Crippen LogP contribution in [0.15, 0.2) is 18.2 Å². The van der Waals surface area contributed by atoms with E-state index in [0.29, 0.717) is 24.8 Å². The van der Waals surface area contributed by atoms with Gasteiger partial charge in [-0.1, -0.05) is 6.92 Å². The van der Waals surface area contributed by atoms with E-state index in [1.807, 2.05) is 18.2 Å². The van der Waals surface area contributed by atoms with Crippen molar-refractivity contribution in [2.75, 3.05) is 20.2 Å². The standard InChI is InChI=1S/C22H34N2O3/c1-16(17-6-5-11-23-14-17)12-22(25)24-15-18-9-10-20(26-2)13-21(18)27-19-7-3-4-8-19/h9-10,13,16-17,19,23H,3-8,11-12,14-15H2,1-2H3,(H,24,25). The second-order valence-electron chi connectivity index (χ2n) is 8.06. The molecule has 0 radical (unpaired) electrons. The summed E-state index contributed by atoms with van der Waals surface area (Å²) in [5.74, 6) is 2.76. The van der Waals surface area contributed by atoms with Crippen molar-refractivity contribution in [2.24, 2.45) is 11.8 Å². The van der Waals surface area contributed by atoms with E-state index < -0.39 is 0 Å². The van der Waals surface area contributed by atoms with Crippen molar-refractivity contribution < 1.29 is 14.3 Å². The van der Waals surface area contributed by atoms with E-state index in [4.69, 9.17) is 9.47 Å². The fourth-order valence-corrected chi connectivity index (χ4v) is 4.19. The highest BCUT2D eigenvalue weighted by Crippen LogP contribution is 2.30. The lowest BCUT2D eigenvalue weighted by Gasteiger charge is -2.28. The molecule has 1 amide bonds. The van der Waals surface area contributed by atoms with Crippen molar-refractivity contribution in [1.82, 2.24) is 10.6 Å². The molecule has 150 valence electrons. The Labute approximate surface area is 163 Å². The molecule has 1 saturated carbocycles. The van der Waals surface area contributed by atoms with E-state index in [1.165, 1.54) is 25.7 Å². The molecule has 2 unspecified atom stereocenters. The number of carbonyl (C=O) groups excluding carboxylic acids is 1. The third kappa shape index (κ3) is 5.86.